The number of carbonyl (C=O) groups is 2. The number of fused-ring (bicyclic) bond motifs is 1. The Morgan fingerprint density at radius 3 is 2.73 bits per heavy atom. The molecular weight excluding hydrogens is 286 g/mol. The molecule has 2 aliphatic rings. The molecule has 1 aromatic rings. The molecule has 116 valence electrons. The van der Waals surface area contributed by atoms with Gasteiger partial charge in [0.15, 0.2) is 0 Å². The minimum atomic E-state index is -0.794. The minimum Gasteiger partial charge on any atom is -0.450 e. The van der Waals surface area contributed by atoms with Crippen molar-refractivity contribution in [3.8, 4) is 0 Å². The average Bonchev–Trinajstić information content (AvgIpc) is 2.86. The van der Waals surface area contributed by atoms with Crippen molar-refractivity contribution < 1.29 is 23.8 Å². The van der Waals surface area contributed by atoms with E-state index in [1.165, 1.54) is 13.0 Å². The Labute approximate surface area is 128 Å². The molecule has 0 aliphatic carbocycles. The Morgan fingerprint density at radius 1 is 1.27 bits per heavy atom. The first kappa shape index (κ1) is 14.6. The summed E-state index contributed by atoms with van der Waals surface area (Å²) in [6.45, 7) is 3.55. The Balaban J connectivity index is 1.83. The Hall–Kier alpha value is -2.34. The molecule has 6 heteroatoms. The zero-order valence-electron chi connectivity index (χ0n) is 12.3. The predicted molar refractivity (Wildman–Crippen MR) is 77.4 cm³/mol. The third kappa shape index (κ3) is 2.96. The smallest absolute Gasteiger partial charge is 0.305 e. The molecule has 0 radical (unpaired) electrons. The second kappa shape index (κ2) is 6.19. The number of amides is 1. The van der Waals surface area contributed by atoms with E-state index in [-0.39, 0.29) is 5.91 Å². The summed E-state index contributed by atoms with van der Waals surface area (Å²) < 4.78 is 16.0. The summed E-state index contributed by atoms with van der Waals surface area (Å²) in [4.78, 5) is 25.2. The van der Waals surface area contributed by atoms with E-state index in [0.29, 0.717) is 32.1 Å². The van der Waals surface area contributed by atoms with Crippen molar-refractivity contribution in [1.82, 2.24) is 4.90 Å². The number of nitrogens with zero attached hydrogens (tertiary/aromatic N) is 1. The normalized spacial score (nSPS) is 22.1. The van der Waals surface area contributed by atoms with Crippen LogP contribution in [0.5, 0.6) is 0 Å². The number of ether oxygens (including phenoxy) is 3. The Kier molecular flexibility index (Phi) is 4.11. The van der Waals surface area contributed by atoms with Crippen LogP contribution in [-0.4, -0.2) is 43.1 Å². The van der Waals surface area contributed by atoms with Crippen LogP contribution < -0.4 is 0 Å². The van der Waals surface area contributed by atoms with Crippen molar-refractivity contribution in [3.63, 3.8) is 0 Å². The molecule has 1 fully saturated rings. The monoisotopic (exact) mass is 303 g/mol. The third-order valence-corrected chi connectivity index (χ3v) is 3.56. The maximum Gasteiger partial charge on any atom is 0.305 e. The van der Waals surface area contributed by atoms with E-state index >= 15 is 0 Å². The third-order valence-electron chi connectivity index (χ3n) is 3.56. The van der Waals surface area contributed by atoms with Crippen LogP contribution in [0.1, 0.15) is 24.3 Å². The second-order valence-electron chi connectivity index (χ2n) is 5.09. The van der Waals surface area contributed by atoms with E-state index < -0.39 is 12.3 Å². The van der Waals surface area contributed by atoms with Gasteiger partial charge in [0.05, 0.1) is 13.2 Å². The van der Waals surface area contributed by atoms with E-state index in [9.17, 15) is 9.59 Å². The Morgan fingerprint density at radius 2 is 2.00 bits per heavy atom. The molecule has 1 unspecified atom stereocenters. The maximum absolute atomic E-state index is 12.3. The molecule has 2 aliphatic heterocycles. The SMILES string of the molecule is CC(=O)OC1O/C(=C\C(=O)N2CCOCC2)c2ccccc21. The summed E-state index contributed by atoms with van der Waals surface area (Å²) in [7, 11) is 0. The number of hydrogen-bond donors (Lipinski definition) is 0. The number of rotatable bonds is 2. The molecule has 22 heavy (non-hydrogen) atoms. The van der Waals surface area contributed by atoms with Gasteiger partial charge in [0.1, 0.15) is 5.76 Å². The van der Waals surface area contributed by atoms with Gasteiger partial charge in [0, 0.05) is 37.2 Å². The lowest BCUT2D eigenvalue weighted by Crippen LogP contribution is -2.39. The molecule has 1 aromatic carbocycles. The minimum absolute atomic E-state index is 0.128. The highest BCUT2D eigenvalue weighted by Crippen LogP contribution is 2.38. The first-order valence-corrected chi connectivity index (χ1v) is 7.16. The lowest BCUT2D eigenvalue weighted by atomic mass is 10.1. The molecule has 0 spiro atoms. The zero-order chi connectivity index (χ0) is 15.5. The molecule has 1 atom stereocenters. The summed E-state index contributed by atoms with van der Waals surface area (Å²) >= 11 is 0. The molecule has 0 bridgehead atoms. The molecule has 0 aromatic heterocycles. The number of hydrogen-bond acceptors (Lipinski definition) is 5. The zero-order valence-corrected chi connectivity index (χ0v) is 12.3. The fourth-order valence-electron chi connectivity index (χ4n) is 2.51. The fraction of sp³-hybridized carbons (Fsp3) is 0.375. The topological polar surface area (TPSA) is 65.1 Å². The molecule has 3 rings (SSSR count). The van der Waals surface area contributed by atoms with Crippen molar-refractivity contribution in [2.24, 2.45) is 0 Å². The summed E-state index contributed by atoms with van der Waals surface area (Å²) in [5.74, 6) is -0.129. The molecular formula is C16H17NO5. The van der Waals surface area contributed by atoms with E-state index in [4.69, 9.17) is 14.2 Å². The van der Waals surface area contributed by atoms with Crippen LogP contribution in [0.15, 0.2) is 30.3 Å². The summed E-state index contributed by atoms with van der Waals surface area (Å²) in [6, 6.07) is 7.36. The van der Waals surface area contributed by atoms with Crippen LogP contribution in [0, 0.1) is 0 Å². The molecule has 2 heterocycles. The van der Waals surface area contributed by atoms with Crippen molar-refractivity contribution in [2.75, 3.05) is 26.3 Å². The van der Waals surface area contributed by atoms with Crippen LogP contribution in [0.25, 0.3) is 5.76 Å². The second-order valence-corrected chi connectivity index (χ2v) is 5.09. The van der Waals surface area contributed by atoms with Crippen LogP contribution in [0.2, 0.25) is 0 Å². The highest BCUT2D eigenvalue weighted by Gasteiger charge is 2.31. The van der Waals surface area contributed by atoms with Crippen LogP contribution in [-0.2, 0) is 23.8 Å². The Bertz CT molecular complexity index is 619. The number of benzene rings is 1. The van der Waals surface area contributed by atoms with Gasteiger partial charge in [0.25, 0.3) is 6.29 Å². The van der Waals surface area contributed by atoms with Crippen molar-refractivity contribution in [2.45, 2.75) is 13.2 Å². The van der Waals surface area contributed by atoms with Gasteiger partial charge >= 0.3 is 5.97 Å². The van der Waals surface area contributed by atoms with Gasteiger partial charge in [-0.2, -0.15) is 0 Å². The van der Waals surface area contributed by atoms with Gasteiger partial charge in [-0.05, 0) is 0 Å². The van der Waals surface area contributed by atoms with Gasteiger partial charge in [-0.3, -0.25) is 9.59 Å². The quantitative estimate of drug-likeness (QED) is 0.611. The van der Waals surface area contributed by atoms with E-state index in [1.807, 2.05) is 24.3 Å². The van der Waals surface area contributed by atoms with E-state index in [1.54, 1.807) is 4.90 Å². The molecule has 0 N–H and O–H groups in total. The lowest BCUT2D eigenvalue weighted by molar-refractivity contribution is -0.163. The van der Waals surface area contributed by atoms with Crippen LogP contribution >= 0.6 is 0 Å². The lowest BCUT2D eigenvalue weighted by Gasteiger charge is -2.25. The van der Waals surface area contributed by atoms with E-state index in [0.717, 1.165) is 11.1 Å². The number of esters is 1. The predicted octanol–water partition coefficient (Wildman–Crippen LogP) is 1.48. The maximum atomic E-state index is 12.3. The van der Waals surface area contributed by atoms with Crippen LogP contribution in [0.3, 0.4) is 0 Å². The molecule has 1 amide bonds. The number of carbonyl (C=O) groups excluding carboxylic acids is 2. The van der Waals surface area contributed by atoms with Gasteiger partial charge in [-0.1, -0.05) is 24.3 Å². The fourth-order valence-corrected chi connectivity index (χ4v) is 2.51. The first-order chi connectivity index (χ1) is 10.6. The standard InChI is InChI=1S/C16H17NO5/c1-11(18)21-16-13-5-3-2-4-12(13)14(22-16)10-15(19)17-6-8-20-9-7-17/h2-5,10,16H,6-9H2,1H3/b14-10-. The summed E-state index contributed by atoms with van der Waals surface area (Å²) in [5.41, 5.74) is 1.52. The molecule has 6 nitrogen and oxygen atoms in total. The first-order valence-electron chi connectivity index (χ1n) is 7.16. The highest BCUT2D eigenvalue weighted by molar-refractivity contribution is 5.95. The van der Waals surface area contributed by atoms with Gasteiger partial charge < -0.3 is 19.1 Å². The average molecular weight is 303 g/mol. The van der Waals surface area contributed by atoms with Gasteiger partial charge in [-0.15, -0.1) is 0 Å². The van der Waals surface area contributed by atoms with Crippen molar-refractivity contribution in [3.05, 3.63) is 41.5 Å². The highest BCUT2D eigenvalue weighted by atomic mass is 16.7. The number of morpholine rings is 1. The van der Waals surface area contributed by atoms with Crippen LogP contribution in [0.4, 0.5) is 0 Å². The summed E-state index contributed by atoms with van der Waals surface area (Å²) in [5, 5.41) is 0. The molecule has 0 saturated carbocycles. The summed E-state index contributed by atoms with van der Waals surface area (Å²) in [6.07, 6.45) is 0.658. The van der Waals surface area contributed by atoms with Crippen molar-refractivity contribution in [1.29, 1.82) is 0 Å². The van der Waals surface area contributed by atoms with Crippen molar-refractivity contribution >= 4 is 17.6 Å². The van der Waals surface area contributed by atoms with E-state index in [2.05, 4.69) is 0 Å². The largest absolute Gasteiger partial charge is 0.450 e. The van der Waals surface area contributed by atoms with Gasteiger partial charge in [-0.25, -0.2) is 0 Å². The van der Waals surface area contributed by atoms with Gasteiger partial charge in [0.2, 0.25) is 5.91 Å². The molecule has 1 saturated heterocycles.